The van der Waals surface area contributed by atoms with Crippen LogP contribution in [0.4, 0.5) is 10.1 Å². The summed E-state index contributed by atoms with van der Waals surface area (Å²) < 4.78 is 15.3. The summed E-state index contributed by atoms with van der Waals surface area (Å²) in [7, 11) is 0. The highest BCUT2D eigenvalue weighted by Crippen LogP contribution is 2.21. The van der Waals surface area contributed by atoms with Gasteiger partial charge in [-0.05, 0) is 61.2 Å². The smallest absolute Gasteiger partial charge is 0.255 e. The molecule has 0 aliphatic carbocycles. The van der Waals surface area contributed by atoms with Gasteiger partial charge in [0, 0.05) is 63.9 Å². The zero-order valence-corrected chi connectivity index (χ0v) is 19.7. The van der Waals surface area contributed by atoms with E-state index >= 15 is 0 Å². The molecule has 2 aromatic carbocycles. The van der Waals surface area contributed by atoms with Crippen LogP contribution in [0.25, 0.3) is 0 Å². The van der Waals surface area contributed by atoms with Crippen LogP contribution in [0.5, 0.6) is 0 Å². The minimum Gasteiger partial charge on any atom is -0.369 e. The Morgan fingerprint density at radius 3 is 2.35 bits per heavy atom. The van der Waals surface area contributed by atoms with Crippen molar-refractivity contribution in [3.8, 4) is 0 Å². The number of carbonyl (C=O) groups is 1. The second kappa shape index (κ2) is 10.4. The minimum absolute atomic E-state index is 0.181. The molecular formula is C28H33FN4O. The van der Waals surface area contributed by atoms with E-state index in [0.29, 0.717) is 0 Å². The summed E-state index contributed by atoms with van der Waals surface area (Å²) in [6, 6.07) is 17.2. The van der Waals surface area contributed by atoms with Crippen molar-refractivity contribution in [2.45, 2.75) is 25.8 Å². The number of amides is 1. The summed E-state index contributed by atoms with van der Waals surface area (Å²) in [5.41, 5.74) is 4.39. The summed E-state index contributed by atoms with van der Waals surface area (Å²) >= 11 is 0. The first-order valence-corrected chi connectivity index (χ1v) is 12.4. The lowest BCUT2D eigenvalue weighted by atomic mass is 10.1. The molecule has 34 heavy (non-hydrogen) atoms. The fraction of sp³-hybridized carbons (Fsp3) is 0.393. The number of nitrogens with zero attached hydrogens (tertiary/aromatic N) is 4. The second-order valence-electron chi connectivity index (χ2n) is 9.41. The van der Waals surface area contributed by atoms with Crippen LogP contribution in [0.3, 0.4) is 0 Å². The highest BCUT2D eigenvalue weighted by Gasteiger charge is 2.24. The maximum atomic E-state index is 13.3. The van der Waals surface area contributed by atoms with Gasteiger partial charge in [0.15, 0.2) is 0 Å². The van der Waals surface area contributed by atoms with E-state index in [1.54, 1.807) is 0 Å². The van der Waals surface area contributed by atoms with E-state index in [9.17, 15) is 9.18 Å². The quantitative estimate of drug-likeness (QED) is 0.528. The van der Waals surface area contributed by atoms with Crippen molar-refractivity contribution < 1.29 is 9.18 Å². The lowest BCUT2D eigenvalue weighted by molar-refractivity contribution is 0.0752. The van der Waals surface area contributed by atoms with Gasteiger partial charge in [0.25, 0.3) is 5.91 Å². The molecule has 1 amide bonds. The van der Waals surface area contributed by atoms with Gasteiger partial charge in [0.2, 0.25) is 0 Å². The first-order valence-electron chi connectivity index (χ1n) is 12.4. The van der Waals surface area contributed by atoms with Crippen LogP contribution >= 0.6 is 0 Å². The number of aryl methyl sites for hydroxylation is 1. The largest absolute Gasteiger partial charge is 0.369 e. The molecule has 0 radical (unpaired) electrons. The molecule has 0 unspecified atom stereocenters. The molecule has 0 bridgehead atoms. The Bertz CT molecular complexity index is 1090. The Kier molecular flexibility index (Phi) is 6.95. The molecule has 3 aromatic rings. The Labute approximate surface area is 201 Å². The average Bonchev–Trinajstić information content (AvgIpc) is 3.20. The van der Waals surface area contributed by atoms with Crippen LogP contribution in [-0.2, 0) is 13.0 Å². The first-order chi connectivity index (χ1) is 16.7. The van der Waals surface area contributed by atoms with Gasteiger partial charge in [-0.25, -0.2) is 4.39 Å². The van der Waals surface area contributed by atoms with Gasteiger partial charge < -0.3 is 14.4 Å². The topological polar surface area (TPSA) is 31.7 Å². The number of aromatic nitrogens is 1. The van der Waals surface area contributed by atoms with Gasteiger partial charge in [-0.2, -0.15) is 0 Å². The lowest BCUT2D eigenvalue weighted by Gasteiger charge is -2.36. The Morgan fingerprint density at radius 2 is 1.59 bits per heavy atom. The highest BCUT2D eigenvalue weighted by molar-refractivity contribution is 5.96. The first kappa shape index (κ1) is 22.7. The van der Waals surface area contributed by atoms with Crippen LogP contribution in [0, 0.1) is 5.82 Å². The molecule has 0 spiro atoms. The maximum absolute atomic E-state index is 13.3. The summed E-state index contributed by atoms with van der Waals surface area (Å²) in [5.74, 6) is -0.00855. The SMILES string of the molecule is O=C1c2cn(Cc3ccccc3)cc2CCCN1CCCN1CCN(c2ccc(F)cc2)CC1. The summed E-state index contributed by atoms with van der Waals surface area (Å²) in [5, 5.41) is 0. The second-order valence-corrected chi connectivity index (χ2v) is 9.41. The summed E-state index contributed by atoms with van der Waals surface area (Å²) in [6.07, 6.45) is 7.17. The molecule has 1 aromatic heterocycles. The molecule has 2 aliphatic heterocycles. The van der Waals surface area contributed by atoms with Gasteiger partial charge in [-0.1, -0.05) is 30.3 Å². The van der Waals surface area contributed by atoms with E-state index in [-0.39, 0.29) is 11.7 Å². The van der Waals surface area contributed by atoms with Gasteiger partial charge in [-0.3, -0.25) is 9.69 Å². The predicted molar refractivity (Wildman–Crippen MR) is 134 cm³/mol. The minimum atomic E-state index is -0.190. The molecule has 5 rings (SSSR count). The molecule has 1 saturated heterocycles. The number of fused-ring (bicyclic) bond motifs is 1. The van der Waals surface area contributed by atoms with Crippen LogP contribution in [0.2, 0.25) is 0 Å². The molecule has 0 atom stereocenters. The van der Waals surface area contributed by atoms with E-state index in [2.05, 4.69) is 44.8 Å². The Balaban J connectivity index is 1.11. The van der Waals surface area contributed by atoms with Crippen molar-refractivity contribution >= 4 is 11.6 Å². The zero-order valence-electron chi connectivity index (χ0n) is 19.7. The number of carbonyl (C=O) groups excluding carboxylic acids is 1. The maximum Gasteiger partial charge on any atom is 0.255 e. The van der Waals surface area contributed by atoms with Crippen molar-refractivity contribution in [1.82, 2.24) is 14.4 Å². The molecule has 5 nitrogen and oxygen atoms in total. The zero-order chi connectivity index (χ0) is 23.3. The average molecular weight is 461 g/mol. The highest BCUT2D eigenvalue weighted by atomic mass is 19.1. The lowest BCUT2D eigenvalue weighted by Crippen LogP contribution is -2.47. The van der Waals surface area contributed by atoms with Crippen LogP contribution in [-0.4, -0.2) is 66.1 Å². The Morgan fingerprint density at radius 1 is 0.824 bits per heavy atom. The molecule has 0 saturated carbocycles. The normalized spacial score (nSPS) is 17.0. The van der Waals surface area contributed by atoms with Crippen LogP contribution < -0.4 is 4.90 Å². The predicted octanol–water partition coefficient (Wildman–Crippen LogP) is 4.28. The number of halogens is 1. The van der Waals surface area contributed by atoms with Crippen LogP contribution in [0.1, 0.15) is 34.3 Å². The monoisotopic (exact) mass is 460 g/mol. The molecule has 0 N–H and O–H groups in total. The van der Waals surface area contributed by atoms with Gasteiger partial charge in [0.05, 0.1) is 5.56 Å². The van der Waals surface area contributed by atoms with Gasteiger partial charge in [0.1, 0.15) is 5.82 Å². The molecule has 178 valence electrons. The fourth-order valence-corrected chi connectivity index (χ4v) is 5.15. The van der Waals surface area contributed by atoms with Gasteiger partial charge >= 0.3 is 0 Å². The van der Waals surface area contributed by atoms with E-state index in [1.807, 2.05) is 29.3 Å². The van der Waals surface area contributed by atoms with Crippen molar-refractivity contribution in [2.75, 3.05) is 50.7 Å². The standard InChI is InChI=1S/C28H33FN4O/c29-25-9-11-26(12-10-25)32-18-16-30(17-19-32)13-5-15-33-14-4-8-24-21-31(22-27(24)28(33)34)20-23-6-2-1-3-7-23/h1-3,6-7,9-12,21-22H,4-5,8,13-20H2. The number of rotatable bonds is 7. The Hall–Kier alpha value is -3.12. The third-order valence-corrected chi connectivity index (χ3v) is 7.03. The van der Waals surface area contributed by atoms with Crippen molar-refractivity contribution in [1.29, 1.82) is 0 Å². The van der Waals surface area contributed by atoms with E-state index in [0.717, 1.165) is 82.9 Å². The summed E-state index contributed by atoms with van der Waals surface area (Å²) in [4.78, 5) is 20.1. The fourth-order valence-electron chi connectivity index (χ4n) is 5.15. The number of hydrogen-bond donors (Lipinski definition) is 0. The summed E-state index contributed by atoms with van der Waals surface area (Å²) in [6.45, 7) is 7.34. The van der Waals surface area contributed by atoms with Crippen molar-refractivity contribution in [3.63, 3.8) is 0 Å². The van der Waals surface area contributed by atoms with Crippen molar-refractivity contribution in [3.05, 3.63) is 89.5 Å². The molecule has 2 aliphatic rings. The molecule has 1 fully saturated rings. The van der Waals surface area contributed by atoms with Gasteiger partial charge in [-0.15, -0.1) is 0 Å². The molecular weight excluding hydrogens is 427 g/mol. The van der Waals surface area contributed by atoms with Crippen LogP contribution in [0.15, 0.2) is 67.0 Å². The number of benzene rings is 2. The number of piperazine rings is 1. The van der Waals surface area contributed by atoms with E-state index < -0.39 is 0 Å². The molecule has 3 heterocycles. The third-order valence-electron chi connectivity index (χ3n) is 7.03. The van der Waals surface area contributed by atoms with Crippen molar-refractivity contribution in [2.24, 2.45) is 0 Å². The molecule has 6 heteroatoms. The third kappa shape index (κ3) is 5.33. The number of hydrogen-bond acceptors (Lipinski definition) is 3. The van der Waals surface area contributed by atoms with E-state index in [4.69, 9.17) is 0 Å². The van der Waals surface area contributed by atoms with E-state index in [1.165, 1.54) is 23.3 Å². The number of anilines is 1.